The summed E-state index contributed by atoms with van der Waals surface area (Å²) in [5, 5.41) is 16.2. The predicted octanol–water partition coefficient (Wildman–Crippen LogP) is -0.731. The van der Waals surface area contributed by atoms with Gasteiger partial charge in [0.05, 0.1) is 0 Å². The van der Waals surface area contributed by atoms with Gasteiger partial charge in [-0.15, -0.1) is 0 Å². The molecule has 0 unspecified atom stereocenters. The number of hydrogen-bond acceptors (Lipinski definition) is 6. The van der Waals surface area contributed by atoms with Gasteiger partial charge >= 0.3 is 23.9 Å². The summed E-state index contributed by atoms with van der Waals surface area (Å²) in [6.45, 7) is 0. The molecule has 0 atom stereocenters. The number of aliphatic carboxylic acids is 2. The molecule has 0 aromatic heterocycles. The molecule has 0 heterocycles. The Morgan fingerprint density at radius 3 is 1.25 bits per heavy atom. The molecule has 0 fully saturated rings. The van der Waals surface area contributed by atoms with Crippen LogP contribution >= 0.6 is 0 Å². The first-order valence-corrected chi connectivity index (χ1v) is 3.66. The smallest absolute Gasteiger partial charge is 0.379 e. The lowest BCUT2D eigenvalue weighted by Gasteiger charge is -1.95. The molecule has 0 spiro atoms. The van der Waals surface area contributed by atoms with Gasteiger partial charge in [-0.05, 0) is 0 Å². The van der Waals surface area contributed by atoms with Gasteiger partial charge in [0.25, 0.3) is 0 Å². The lowest BCUT2D eigenvalue weighted by atomic mass is 10.5. The summed E-state index contributed by atoms with van der Waals surface area (Å²) < 4.78 is 0. The van der Waals surface area contributed by atoms with Crippen LogP contribution in [-0.4, -0.2) is 34.1 Å². The molecule has 0 aromatic rings. The van der Waals surface area contributed by atoms with E-state index in [0.29, 0.717) is 24.3 Å². The Kier molecular flexibility index (Phi) is 5.65. The number of carboxylic acids is 2. The van der Waals surface area contributed by atoms with Gasteiger partial charge in [-0.1, -0.05) is 0 Å². The van der Waals surface area contributed by atoms with Crippen molar-refractivity contribution in [3.63, 3.8) is 0 Å². The van der Waals surface area contributed by atoms with Crippen molar-refractivity contribution in [2.75, 3.05) is 0 Å². The number of carbonyl (C=O) groups excluding carboxylic acids is 2. The Balaban J connectivity index is 3.97. The molecule has 0 saturated carbocycles. The number of hydrogen-bond donors (Lipinski definition) is 2. The van der Waals surface area contributed by atoms with E-state index in [2.05, 4.69) is 9.78 Å². The Morgan fingerprint density at radius 2 is 1.00 bits per heavy atom. The molecular weight excluding hydrogens is 224 g/mol. The van der Waals surface area contributed by atoms with Crippen molar-refractivity contribution in [1.82, 2.24) is 0 Å². The number of rotatable bonds is 4. The Hall–Kier alpha value is -2.64. The molecule has 0 aliphatic carbocycles. The van der Waals surface area contributed by atoms with E-state index in [1.54, 1.807) is 0 Å². The van der Waals surface area contributed by atoms with E-state index < -0.39 is 23.9 Å². The molecule has 8 heteroatoms. The normalized spacial score (nSPS) is 10.2. The van der Waals surface area contributed by atoms with Crippen molar-refractivity contribution >= 4 is 23.9 Å². The number of carbonyl (C=O) groups is 4. The predicted molar refractivity (Wildman–Crippen MR) is 45.7 cm³/mol. The van der Waals surface area contributed by atoms with Crippen molar-refractivity contribution in [3.8, 4) is 0 Å². The van der Waals surface area contributed by atoms with Gasteiger partial charge < -0.3 is 10.2 Å². The molecule has 86 valence electrons. The third-order valence-corrected chi connectivity index (χ3v) is 0.930. The van der Waals surface area contributed by atoms with Crippen molar-refractivity contribution in [2.45, 2.75) is 0 Å². The average molecular weight is 230 g/mol. The fourth-order valence-corrected chi connectivity index (χ4v) is 0.416. The molecule has 0 bridgehead atoms. The highest BCUT2D eigenvalue weighted by molar-refractivity contribution is 5.92. The monoisotopic (exact) mass is 230 g/mol. The van der Waals surface area contributed by atoms with E-state index in [0.717, 1.165) is 0 Å². The lowest BCUT2D eigenvalue weighted by Crippen LogP contribution is -2.08. The van der Waals surface area contributed by atoms with E-state index in [-0.39, 0.29) is 0 Å². The van der Waals surface area contributed by atoms with Crippen LogP contribution in [0.25, 0.3) is 0 Å². The topological polar surface area (TPSA) is 127 Å². The van der Waals surface area contributed by atoms with Gasteiger partial charge in [-0.2, -0.15) is 0 Å². The minimum absolute atomic E-state index is 0.475. The van der Waals surface area contributed by atoms with Gasteiger partial charge in [-0.3, -0.25) is 0 Å². The molecular formula is C8H6O8. The maximum Gasteiger partial charge on any atom is 0.379 e. The highest BCUT2D eigenvalue weighted by Crippen LogP contribution is 1.87. The van der Waals surface area contributed by atoms with Crippen LogP contribution in [-0.2, 0) is 29.0 Å². The second-order valence-electron chi connectivity index (χ2n) is 2.15. The highest BCUT2D eigenvalue weighted by Gasteiger charge is 2.04. The van der Waals surface area contributed by atoms with E-state index in [1.165, 1.54) is 0 Å². The molecule has 0 aromatic carbocycles. The summed E-state index contributed by atoms with van der Waals surface area (Å²) in [5.74, 6) is -5.21. The Morgan fingerprint density at radius 1 is 0.688 bits per heavy atom. The Labute approximate surface area is 88.3 Å². The summed E-state index contributed by atoms with van der Waals surface area (Å²) in [7, 11) is 0. The van der Waals surface area contributed by atoms with Crippen LogP contribution in [0.1, 0.15) is 0 Å². The lowest BCUT2D eigenvalue weighted by molar-refractivity contribution is -0.250. The second kappa shape index (κ2) is 6.76. The standard InChI is InChI=1S/C8H6O8/c9-5(10)1-3-7(13)15-16-8(14)4-2-6(11)12/h1-4H,(H,9,10)(H,11,12)/b3-1-,4-2-. The first-order valence-electron chi connectivity index (χ1n) is 3.66. The average Bonchev–Trinajstić information content (AvgIpc) is 2.20. The maximum atomic E-state index is 10.6. The van der Waals surface area contributed by atoms with E-state index >= 15 is 0 Å². The largest absolute Gasteiger partial charge is 0.478 e. The van der Waals surface area contributed by atoms with Gasteiger partial charge in [0.15, 0.2) is 0 Å². The van der Waals surface area contributed by atoms with Crippen LogP contribution in [0.5, 0.6) is 0 Å². The zero-order valence-corrected chi connectivity index (χ0v) is 7.65. The summed E-state index contributed by atoms with van der Waals surface area (Å²) in [6.07, 6.45) is 1.97. The minimum Gasteiger partial charge on any atom is -0.478 e. The van der Waals surface area contributed by atoms with Crippen LogP contribution in [0, 0.1) is 0 Å². The van der Waals surface area contributed by atoms with Crippen molar-refractivity contribution in [1.29, 1.82) is 0 Å². The molecule has 0 rings (SSSR count). The van der Waals surface area contributed by atoms with Crippen LogP contribution in [0.2, 0.25) is 0 Å². The van der Waals surface area contributed by atoms with E-state index in [1.807, 2.05) is 0 Å². The first-order chi connectivity index (χ1) is 7.41. The van der Waals surface area contributed by atoms with Crippen molar-refractivity contribution < 1.29 is 39.2 Å². The second-order valence-corrected chi connectivity index (χ2v) is 2.15. The van der Waals surface area contributed by atoms with E-state index in [9.17, 15) is 19.2 Å². The molecule has 0 aliphatic heterocycles. The summed E-state index contributed by atoms with van der Waals surface area (Å²) in [4.78, 5) is 48.7. The van der Waals surface area contributed by atoms with Crippen LogP contribution in [0.3, 0.4) is 0 Å². The third-order valence-electron chi connectivity index (χ3n) is 0.930. The van der Waals surface area contributed by atoms with Gasteiger partial charge in [-0.25, -0.2) is 29.0 Å². The number of carboxylic acid groups (broad SMARTS) is 2. The highest BCUT2D eigenvalue weighted by atomic mass is 17.2. The zero-order valence-electron chi connectivity index (χ0n) is 7.65. The van der Waals surface area contributed by atoms with Crippen LogP contribution in [0.4, 0.5) is 0 Å². The summed E-state index contributed by atoms with van der Waals surface area (Å²) in [6, 6.07) is 0. The first kappa shape index (κ1) is 13.4. The van der Waals surface area contributed by atoms with Gasteiger partial charge in [0.1, 0.15) is 0 Å². The summed E-state index contributed by atoms with van der Waals surface area (Å²) in [5.41, 5.74) is 0. The van der Waals surface area contributed by atoms with Crippen LogP contribution in [0.15, 0.2) is 24.3 Å². The third kappa shape index (κ3) is 7.98. The molecule has 8 nitrogen and oxygen atoms in total. The fourth-order valence-electron chi connectivity index (χ4n) is 0.416. The van der Waals surface area contributed by atoms with Crippen molar-refractivity contribution in [2.24, 2.45) is 0 Å². The van der Waals surface area contributed by atoms with E-state index in [4.69, 9.17) is 10.2 Å². The molecule has 0 radical (unpaired) electrons. The quantitative estimate of drug-likeness (QED) is 0.367. The Bertz CT molecular complexity index is 328. The van der Waals surface area contributed by atoms with Crippen LogP contribution < -0.4 is 0 Å². The van der Waals surface area contributed by atoms with Crippen molar-refractivity contribution in [3.05, 3.63) is 24.3 Å². The molecule has 0 aliphatic rings. The molecule has 0 amide bonds. The molecule has 0 saturated heterocycles. The summed E-state index contributed by atoms with van der Waals surface area (Å²) >= 11 is 0. The SMILES string of the molecule is O=C(O)/C=C\C(=O)OOC(=O)/C=C\C(=O)O. The minimum atomic E-state index is -1.38. The maximum absolute atomic E-state index is 10.6. The zero-order chi connectivity index (χ0) is 12.6. The fraction of sp³-hybridized carbons (Fsp3) is 0. The molecule has 2 N–H and O–H groups in total. The van der Waals surface area contributed by atoms with Gasteiger partial charge in [0.2, 0.25) is 0 Å². The molecule has 16 heavy (non-hydrogen) atoms. The van der Waals surface area contributed by atoms with Gasteiger partial charge in [0, 0.05) is 24.3 Å².